The minimum atomic E-state index is -2.59. The molecule has 0 fully saturated rings. The Morgan fingerprint density at radius 1 is 1.08 bits per heavy atom. The second kappa shape index (κ2) is 7.30. The average molecular weight is 190 g/mol. The fourth-order valence-electron chi connectivity index (χ4n) is 0.412. The van der Waals surface area contributed by atoms with Crippen LogP contribution in [-0.2, 0) is 9.47 Å². The van der Waals surface area contributed by atoms with Crippen LogP contribution in [0.25, 0.3) is 0 Å². The summed E-state index contributed by atoms with van der Waals surface area (Å²) in [5, 5.41) is 0. The highest BCUT2D eigenvalue weighted by molar-refractivity contribution is 4.50. The summed E-state index contributed by atoms with van der Waals surface area (Å²) in [7, 11) is 0. The van der Waals surface area contributed by atoms with E-state index in [9.17, 15) is 17.6 Å². The van der Waals surface area contributed by atoms with Crippen LogP contribution in [0.15, 0.2) is 0 Å². The maximum atomic E-state index is 11.7. The van der Waals surface area contributed by atoms with E-state index in [0.29, 0.717) is 0 Å². The van der Waals surface area contributed by atoms with E-state index in [-0.39, 0.29) is 0 Å². The van der Waals surface area contributed by atoms with Gasteiger partial charge >= 0.3 is 0 Å². The van der Waals surface area contributed by atoms with Gasteiger partial charge in [-0.2, -0.15) is 0 Å². The highest BCUT2D eigenvalue weighted by Gasteiger charge is 2.08. The Balaban J connectivity index is 3.17. The Bertz CT molecular complexity index is 97.5. The van der Waals surface area contributed by atoms with Crippen molar-refractivity contribution in [2.24, 2.45) is 0 Å². The van der Waals surface area contributed by atoms with E-state index in [1.54, 1.807) is 0 Å². The molecule has 0 heterocycles. The van der Waals surface area contributed by atoms with Crippen LogP contribution < -0.4 is 0 Å². The topological polar surface area (TPSA) is 18.5 Å². The fraction of sp³-hybridized carbons (Fsp3) is 1.00. The molecule has 0 bridgehead atoms. The molecule has 0 aromatic rings. The molecule has 0 aliphatic rings. The number of ether oxygens (including phenoxy) is 2. The summed E-state index contributed by atoms with van der Waals surface area (Å²) in [4.78, 5) is 0. The van der Waals surface area contributed by atoms with Crippen molar-refractivity contribution in [1.82, 2.24) is 0 Å². The third kappa shape index (κ3) is 6.36. The molecule has 0 N–H and O–H groups in total. The lowest BCUT2D eigenvalue weighted by atomic mass is 10.4. The molecule has 0 unspecified atom stereocenters. The lowest BCUT2D eigenvalue weighted by Gasteiger charge is -2.10. The standard InChI is InChI=1S/C6H10F4O2/c7-1-5(2-8)12-4-11-3-6(9)10/h5-6H,1-4H2. The molecule has 0 amide bonds. The van der Waals surface area contributed by atoms with Gasteiger partial charge < -0.3 is 9.47 Å². The van der Waals surface area contributed by atoms with Gasteiger partial charge in [0.15, 0.2) is 0 Å². The van der Waals surface area contributed by atoms with Gasteiger partial charge in [-0.15, -0.1) is 0 Å². The number of halogens is 4. The SMILES string of the molecule is FCC(CF)OCOCC(F)F. The van der Waals surface area contributed by atoms with E-state index in [1.165, 1.54) is 0 Å². The van der Waals surface area contributed by atoms with Crippen molar-refractivity contribution in [2.75, 3.05) is 26.7 Å². The van der Waals surface area contributed by atoms with Gasteiger partial charge in [0, 0.05) is 0 Å². The van der Waals surface area contributed by atoms with Gasteiger partial charge in [0.2, 0.25) is 0 Å². The number of hydrogen-bond acceptors (Lipinski definition) is 2. The van der Waals surface area contributed by atoms with Crippen molar-refractivity contribution in [3.05, 3.63) is 0 Å². The van der Waals surface area contributed by atoms with Crippen LogP contribution in [0, 0.1) is 0 Å². The molecule has 0 aromatic carbocycles. The average Bonchev–Trinajstić information content (AvgIpc) is 2.04. The van der Waals surface area contributed by atoms with Gasteiger partial charge in [-0.1, -0.05) is 0 Å². The molecular formula is C6H10F4O2. The zero-order valence-corrected chi connectivity index (χ0v) is 6.31. The molecule has 12 heavy (non-hydrogen) atoms. The minimum absolute atomic E-state index is 0.511. The first kappa shape index (κ1) is 11.6. The molecule has 2 nitrogen and oxygen atoms in total. The smallest absolute Gasteiger partial charge is 0.261 e. The molecule has 0 saturated carbocycles. The Morgan fingerprint density at radius 3 is 2.08 bits per heavy atom. The van der Waals surface area contributed by atoms with Gasteiger partial charge in [-0.25, -0.2) is 17.6 Å². The van der Waals surface area contributed by atoms with Gasteiger partial charge in [0.05, 0.1) is 0 Å². The monoisotopic (exact) mass is 190 g/mol. The summed E-state index contributed by atoms with van der Waals surface area (Å²) in [6.07, 6.45) is -3.80. The molecule has 0 aliphatic heterocycles. The second-order valence-electron chi connectivity index (χ2n) is 1.98. The van der Waals surface area contributed by atoms with Crippen molar-refractivity contribution < 1.29 is 27.0 Å². The van der Waals surface area contributed by atoms with Crippen LogP contribution in [0.2, 0.25) is 0 Å². The first-order valence-electron chi connectivity index (χ1n) is 3.30. The zero-order chi connectivity index (χ0) is 9.40. The minimum Gasteiger partial charge on any atom is -0.349 e. The van der Waals surface area contributed by atoms with Crippen molar-refractivity contribution in [1.29, 1.82) is 0 Å². The lowest BCUT2D eigenvalue weighted by Crippen LogP contribution is -2.20. The van der Waals surface area contributed by atoms with Crippen LogP contribution in [-0.4, -0.2) is 39.3 Å². The highest BCUT2D eigenvalue weighted by Crippen LogP contribution is 1.97. The first-order chi connectivity index (χ1) is 5.70. The van der Waals surface area contributed by atoms with E-state index >= 15 is 0 Å². The molecule has 0 aliphatic carbocycles. The Kier molecular flexibility index (Phi) is 7.08. The van der Waals surface area contributed by atoms with Crippen LogP contribution >= 0.6 is 0 Å². The van der Waals surface area contributed by atoms with E-state index in [1.807, 2.05) is 0 Å². The predicted octanol–water partition coefficient (Wildman–Crippen LogP) is 1.55. The lowest BCUT2D eigenvalue weighted by molar-refractivity contribution is -0.120. The summed E-state index contributed by atoms with van der Waals surface area (Å²) < 4.78 is 54.7. The number of alkyl halides is 4. The fourth-order valence-corrected chi connectivity index (χ4v) is 0.412. The van der Waals surface area contributed by atoms with Crippen LogP contribution in [0.5, 0.6) is 0 Å². The Labute approximate surface area is 67.5 Å². The van der Waals surface area contributed by atoms with Crippen molar-refractivity contribution in [3.63, 3.8) is 0 Å². The molecule has 0 saturated heterocycles. The van der Waals surface area contributed by atoms with E-state index in [0.717, 1.165) is 0 Å². The molecule has 0 aromatic heterocycles. The van der Waals surface area contributed by atoms with Gasteiger partial charge in [-0.05, 0) is 0 Å². The van der Waals surface area contributed by atoms with E-state index < -0.39 is 39.3 Å². The summed E-state index contributed by atoms with van der Waals surface area (Å²) in [6.45, 7) is -3.28. The third-order valence-electron chi connectivity index (χ3n) is 0.975. The molecular weight excluding hydrogens is 180 g/mol. The van der Waals surface area contributed by atoms with Gasteiger partial charge in [0.25, 0.3) is 6.43 Å². The summed E-state index contributed by atoms with van der Waals surface area (Å²) in [6, 6.07) is 0. The van der Waals surface area contributed by atoms with Crippen molar-refractivity contribution in [2.45, 2.75) is 12.5 Å². The van der Waals surface area contributed by atoms with Crippen LogP contribution in [0.4, 0.5) is 17.6 Å². The first-order valence-corrected chi connectivity index (χ1v) is 3.30. The molecule has 0 radical (unpaired) electrons. The van der Waals surface area contributed by atoms with Crippen molar-refractivity contribution in [3.8, 4) is 0 Å². The summed E-state index contributed by atoms with van der Waals surface area (Å²) >= 11 is 0. The normalized spacial score (nSPS) is 11.5. The van der Waals surface area contributed by atoms with Gasteiger partial charge in [0.1, 0.15) is 32.9 Å². The zero-order valence-electron chi connectivity index (χ0n) is 6.31. The molecule has 0 spiro atoms. The maximum Gasteiger partial charge on any atom is 0.261 e. The van der Waals surface area contributed by atoms with E-state index in [4.69, 9.17) is 0 Å². The largest absolute Gasteiger partial charge is 0.349 e. The van der Waals surface area contributed by atoms with Gasteiger partial charge in [-0.3, -0.25) is 0 Å². The predicted molar refractivity (Wildman–Crippen MR) is 33.6 cm³/mol. The van der Waals surface area contributed by atoms with Crippen LogP contribution in [0.1, 0.15) is 0 Å². The van der Waals surface area contributed by atoms with Crippen LogP contribution in [0.3, 0.4) is 0 Å². The Hall–Kier alpha value is -0.360. The molecule has 0 atom stereocenters. The quantitative estimate of drug-likeness (QED) is 0.344. The second-order valence-corrected chi connectivity index (χ2v) is 1.98. The number of hydrogen-bond donors (Lipinski definition) is 0. The summed E-state index contributed by atoms with van der Waals surface area (Å²) in [5.41, 5.74) is 0. The van der Waals surface area contributed by atoms with E-state index in [2.05, 4.69) is 9.47 Å². The Morgan fingerprint density at radius 2 is 1.67 bits per heavy atom. The molecule has 0 rings (SSSR count). The summed E-state index contributed by atoms with van der Waals surface area (Å²) in [5.74, 6) is 0. The molecule has 6 heteroatoms. The highest BCUT2D eigenvalue weighted by atomic mass is 19.3. The van der Waals surface area contributed by atoms with Crippen molar-refractivity contribution >= 4 is 0 Å². The third-order valence-corrected chi connectivity index (χ3v) is 0.975. The molecule has 74 valence electrons. The number of rotatable bonds is 7. The maximum absolute atomic E-state index is 11.7.